The Hall–Kier alpha value is -1.85. The zero-order valence-corrected chi connectivity index (χ0v) is 14.4. The number of carbonyl (C=O) groups is 1. The molecule has 2 heterocycles. The smallest absolute Gasteiger partial charge is 0.274 e. The second-order valence-corrected chi connectivity index (χ2v) is 7.34. The second-order valence-electron chi connectivity index (χ2n) is 6.93. The van der Waals surface area contributed by atoms with Crippen LogP contribution in [0.5, 0.6) is 0 Å². The van der Waals surface area contributed by atoms with Gasteiger partial charge >= 0.3 is 0 Å². The van der Waals surface area contributed by atoms with Gasteiger partial charge in [0.05, 0.1) is 10.7 Å². The Labute approximate surface area is 146 Å². The highest BCUT2D eigenvalue weighted by Gasteiger charge is 2.43. The molecule has 24 heavy (non-hydrogen) atoms. The molecule has 4 rings (SSSR count). The van der Waals surface area contributed by atoms with E-state index in [0.717, 1.165) is 37.2 Å². The highest BCUT2D eigenvalue weighted by molar-refractivity contribution is 6.32. The molecular weight excluding hydrogens is 324 g/mol. The third-order valence-corrected chi connectivity index (χ3v) is 5.72. The molecule has 2 fully saturated rings. The first kappa shape index (κ1) is 15.7. The standard InChI is InChI=1S/C18H21ClN4O/c1-11-8-23(16-5-3-2-4-14(16)19)21-17(11)18(24)22-9-12-6-7-15(20)13(12)10-22/h2-5,8,12-13,15H,6-7,9-10,20H2,1H3. The summed E-state index contributed by atoms with van der Waals surface area (Å²) in [4.78, 5) is 14.8. The average molecular weight is 345 g/mol. The summed E-state index contributed by atoms with van der Waals surface area (Å²) in [6, 6.07) is 7.72. The maximum atomic E-state index is 12.9. The number of benzene rings is 1. The maximum Gasteiger partial charge on any atom is 0.274 e. The molecule has 1 aromatic carbocycles. The van der Waals surface area contributed by atoms with E-state index >= 15 is 0 Å². The molecule has 2 N–H and O–H groups in total. The molecule has 0 radical (unpaired) electrons. The zero-order valence-electron chi connectivity index (χ0n) is 13.7. The Morgan fingerprint density at radius 1 is 1.29 bits per heavy atom. The molecule has 126 valence electrons. The van der Waals surface area contributed by atoms with Gasteiger partial charge in [0.15, 0.2) is 5.69 Å². The van der Waals surface area contributed by atoms with Crippen molar-refractivity contribution in [2.24, 2.45) is 17.6 Å². The fraction of sp³-hybridized carbons (Fsp3) is 0.444. The first-order valence-electron chi connectivity index (χ1n) is 8.40. The van der Waals surface area contributed by atoms with E-state index in [-0.39, 0.29) is 11.9 Å². The number of aryl methyl sites for hydroxylation is 1. The number of amides is 1. The summed E-state index contributed by atoms with van der Waals surface area (Å²) in [5.74, 6) is 0.995. The van der Waals surface area contributed by atoms with Crippen molar-refractivity contribution in [1.82, 2.24) is 14.7 Å². The van der Waals surface area contributed by atoms with E-state index in [0.29, 0.717) is 22.6 Å². The van der Waals surface area contributed by atoms with Crippen molar-refractivity contribution < 1.29 is 4.79 Å². The second kappa shape index (κ2) is 5.90. The third-order valence-electron chi connectivity index (χ3n) is 5.40. The van der Waals surface area contributed by atoms with Crippen LogP contribution < -0.4 is 5.73 Å². The van der Waals surface area contributed by atoms with Crippen molar-refractivity contribution in [1.29, 1.82) is 0 Å². The summed E-state index contributed by atoms with van der Waals surface area (Å²) in [6.45, 7) is 3.47. The van der Waals surface area contributed by atoms with Crippen molar-refractivity contribution in [3.63, 3.8) is 0 Å². The Balaban J connectivity index is 1.59. The van der Waals surface area contributed by atoms with E-state index in [4.69, 9.17) is 17.3 Å². The predicted octanol–water partition coefficient (Wildman–Crippen LogP) is 2.64. The van der Waals surface area contributed by atoms with Gasteiger partial charge in [-0.25, -0.2) is 4.68 Å². The van der Waals surface area contributed by atoms with E-state index < -0.39 is 0 Å². The molecule has 0 bridgehead atoms. The van der Waals surface area contributed by atoms with Gasteiger partial charge in [-0.05, 0) is 43.7 Å². The van der Waals surface area contributed by atoms with E-state index in [1.165, 1.54) is 0 Å². The average Bonchev–Trinajstić information content (AvgIpc) is 3.24. The molecule has 2 aromatic rings. The lowest BCUT2D eigenvalue weighted by Crippen LogP contribution is -2.34. The van der Waals surface area contributed by atoms with Crippen molar-refractivity contribution in [2.75, 3.05) is 13.1 Å². The first-order valence-corrected chi connectivity index (χ1v) is 8.78. The molecule has 2 aliphatic rings. The van der Waals surface area contributed by atoms with Crippen molar-refractivity contribution in [3.05, 3.63) is 46.7 Å². The van der Waals surface area contributed by atoms with Crippen molar-refractivity contribution >= 4 is 17.5 Å². The highest BCUT2D eigenvalue weighted by atomic mass is 35.5. The molecule has 1 amide bonds. The van der Waals surface area contributed by atoms with Crippen LogP contribution in [0.25, 0.3) is 5.69 Å². The quantitative estimate of drug-likeness (QED) is 0.910. The molecule has 0 spiro atoms. The van der Waals surface area contributed by atoms with Crippen LogP contribution in [0.4, 0.5) is 0 Å². The Bertz CT molecular complexity index is 787. The lowest BCUT2D eigenvalue weighted by atomic mass is 9.98. The van der Waals surface area contributed by atoms with Crippen LogP contribution in [0, 0.1) is 18.8 Å². The summed E-state index contributed by atoms with van der Waals surface area (Å²) in [7, 11) is 0. The van der Waals surface area contributed by atoms with Gasteiger partial charge in [-0.15, -0.1) is 0 Å². The van der Waals surface area contributed by atoms with Crippen molar-refractivity contribution in [3.8, 4) is 5.69 Å². The molecule has 6 heteroatoms. The number of nitrogens with zero attached hydrogens (tertiary/aromatic N) is 3. The van der Waals surface area contributed by atoms with E-state index in [1.807, 2.05) is 42.3 Å². The largest absolute Gasteiger partial charge is 0.337 e. The van der Waals surface area contributed by atoms with Gasteiger partial charge in [-0.2, -0.15) is 5.10 Å². The fourth-order valence-corrected chi connectivity index (χ4v) is 4.28. The van der Waals surface area contributed by atoms with Gasteiger partial charge in [0.25, 0.3) is 5.91 Å². The number of nitrogens with two attached hydrogens (primary N) is 1. The van der Waals surface area contributed by atoms with Gasteiger partial charge in [0.1, 0.15) is 0 Å². The lowest BCUT2D eigenvalue weighted by molar-refractivity contribution is 0.0772. The zero-order chi connectivity index (χ0) is 16.8. The van der Waals surface area contributed by atoms with Crippen LogP contribution in [0.2, 0.25) is 5.02 Å². The van der Waals surface area contributed by atoms with Gasteiger partial charge < -0.3 is 10.6 Å². The van der Waals surface area contributed by atoms with Crippen LogP contribution in [0.3, 0.4) is 0 Å². The Kier molecular flexibility index (Phi) is 3.85. The fourth-order valence-electron chi connectivity index (χ4n) is 4.06. The monoisotopic (exact) mass is 344 g/mol. The Morgan fingerprint density at radius 3 is 2.83 bits per heavy atom. The SMILES string of the molecule is Cc1cn(-c2ccccc2Cl)nc1C(=O)N1CC2CCC(N)C2C1. The van der Waals surface area contributed by atoms with Crippen LogP contribution >= 0.6 is 11.6 Å². The number of halogens is 1. The normalized spacial score (nSPS) is 26.0. The van der Waals surface area contributed by atoms with Crippen LogP contribution in [-0.2, 0) is 0 Å². The maximum absolute atomic E-state index is 12.9. The molecular formula is C18H21ClN4O. The topological polar surface area (TPSA) is 64.2 Å². The molecule has 1 saturated heterocycles. The summed E-state index contributed by atoms with van der Waals surface area (Å²) in [5, 5.41) is 5.12. The molecule has 1 aromatic heterocycles. The number of carbonyl (C=O) groups excluding carboxylic acids is 1. The number of rotatable bonds is 2. The number of likely N-dealkylation sites (tertiary alicyclic amines) is 1. The minimum absolute atomic E-state index is 0.0000893. The van der Waals surface area contributed by atoms with Gasteiger partial charge in [0, 0.05) is 30.9 Å². The van der Waals surface area contributed by atoms with Crippen molar-refractivity contribution in [2.45, 2.75) is 25.8 Å². The molecule has 1 aliphatic carbocycles. The van der Waals surface area contributed by atoms with Crippen LogP contribution in [0.15, 0.2) is 30.5 Å². The van der Waals surface area contributed by atoms with E-state index in [2.05, 4.69) is 5.10 Å². The number of fused-ring (bicyclic) bond motifs is 1. The first-order chi connectivity index (χ1) is 11.5. The van der Waals surface area contributed by atoms with E-state index in [9.17, 15) is 4.79 Å². The van der Waals surface area contributed by atoms with Gasteiger partial charge in [0.2, 0.25) is 0 Å². The molecule has 5 nitrogen and oxygen atoms in total. The summed E-state index contributed by atoms with van der Waals surface area (Å²) < 4.78 is 1.69. The predicted molar refractivity (Wildman–Crippen MR) is 93.4 cm³/mol. The molecule has 3 atom stereocenters. The van der Waals surface area contributed by atoms with E-state index in [1.54, 1.807) is 4.68 Å². The molecule has 3 unspecified atom stereocenters. The number of hydrogen-bond acceptors (Lipinski definition) is 3. The minimum atomic E-state index is -0.0000893. The molecule has 1 aliphatic heterocycles. The van der Waals surface area contributed by atoms with Crippen LogP contribution in [-0.4, -0.2) is 39.7 Å². The highest BCUT2D eigenvalue weighted by Crippen LogP contribution is 2.37. The van der Waals surface area contributed by atoms with Gasteiger partial charge in [-0.1, -0.05) is 23.7 Å². The number of para-hydroxylation sites is 1. The molecule has 1 saturated carbocycles. The summed E-state index contributed by atoms with van der Waals surface area (Å²) in [6.07, 6.45) is 4.07. The minimum Gasteiger partial charge on any atom is -0.337 e. The van der Waals surface area contributed by atoms with Gasteiger partial charge in [-0.3, -0.25) is 4.79 Å². The summed E-state index contributed by atoms with van der Waals surface area (Å²) in [5.41, 5.74) is 8.32. The Morgan fingerprint density at radius 2 is 2.08 bits per heavy atom. The number of hydrogen-bond donors (Lipinski definition) is 1. The number of aromatic nitrogens is 2. The summed E-state index contributed by atoms with van der Waals surface area (Å²) >= 11 is 6.24. The van der Waals surface area contributed by atoms with Crippen LogP contribution in [0.1, 0.15) is 28.9 Å². The lowest BCUT2D eigenvalue weighted by Gasteiger charge is -2.18. The third kappa shape index (κ3) is 2.52.